The summed E-state index contributed by atoms with van der Waals surface area (Å²) in [7, 11) is 1.63. The molecule has 0 saturated heterocycles. The van der Waals surface area contributed by atoms with Crippen molar-refractivity contribution in [3.63, 3.8) is 0 Å². The van der Waals surface area contributed by atoms with Crippen LogP contribution in [0, 0.1) is 0 Å². The number of halogens is 2. The van der Waals surface area contributed by atoms with Crippen LogP contribution in [0.1, 0.15) is 25.5 Å². The standard InChI is InChI=1S/C15H17Cl2NO2S/c1-4-20-13-7-10(5-6-12(13)19-3)18-9(2)11-8-14(16)21-15(11)17/h5-9,18H,4H2,1-3H3. The van der Waals surface area contributed by atoms with Crippen molar-refractivity contribution in [3.05, 3.63) is 38.5 Å². The summed E-state index contributed by atoms with van der Waals surface area (Å²) in [6, 6.07) is 7.67. The van der Waals surface area contributed by atoms with E-state index in [0.29, 0.717) is 26.8 Å². The van der Waals surface area contributed by atoms with Crippen LogP contribution in [0.25, 0.3) is 0 Å². The van der Waals surface area contributed by atoms with Gasteiger partial charge in [0.1, 0.15) is 0 Å². The Morgan fingerprint density at radius 1 is 1.24 bits per heavy atom. The molecule has 0 radical (unpaired) electrons. The van der Waals surface area contributed by atoms with Gasteiger partial charge >= 0.3 is 0 Å². The molecule has 3 nitrogen and oxygen atoms in total. The number of rotatable bonds is 6. The third kappa shape index (κ3) is 3.96. The van der Waals surface area contributed by atoms with E-state index in [-0.39, 0.29) is 6.04 Å². The zero-order chi connectivity index (χ0) is 15.4. The van der Waals surface area contributed by atoms with E-state index in [1.165, 1.54) is 11.3 Å². The van der Waals surface area contributed by atoms with Crippen molar-refractivity contribution >= 4 is 40.2 Å². The number of methoxy groups -OCH3 is 1. The Hall–Kier alpha value is -1.10. The van der Waals surface area contributed by atoms with Crippen LogP contribution < -0.4 is 14.8 Å². The maximum Gasteiger partial charge on any atom is 0.163 e. The number of nitrogens with one attached hydrogen (secondary N) is 1. The van der Waals surface area contributed by atoms with Crippen LogP contribution in [0.5, 0.6) is 11.5 Å². The van der Waals surface area contributed by atoms with Crippen LogP contribution in [0.4, 0.5) is 5.69 Å². The summed E-state index contributed by atoms with van der Waals surface area (Å²) in [6.07, 6.45) is 0. The lowest BCUT2D eigenvalue weighted by Gasteiger charge is -2.17. The van der Waals surface area contributed by atoms with Crippen LogP contribution in [0.15, 0.2) is 24.3 Å². The summed E-state index contributed by atoms with van der Waals surface area (Å²) in [5, 5.41) is 3.39. The zero-order valence-corrected chi connectivity index (χ0v) is 14.4. The number of hydrogen-bond acceptors (Lipinski definition) is 4. The summed E-state index contributed by atoms with van der Waals surface area (Å²) < 4.78 is 12.2. The van der Waals surface area contributed by atoms with Crippen LogP contribution in [-0.4, -0.2) is 13.7 Å². The number of benzene rings is 1. The second-order valence-electron chi connectivity index (χ2n) is 4.44. The minimum Gasteiger partial charge on any atom is -0.493 e. The molecule has 6 heteroatoms. The monoisotopic (exact) mass is 345 g/mol. The molecule has 0 aliphatic rings. The number of hydrogen-bond donors (Lipinski definition) is 1. The predicted octanol–water partition coefficient (Wildman–Crippen LogP) is 5.64. The summed E-state index contributed by atoms with van der Waals surface area (Å²) in [6.45, 7) is 4.56. The Morgan fingerprint density at radius 3 is 2.57 bits per heavy atom. The molecule has 0 bridgehead atoms. The third-order valence-corrected chi connectivity index (χ3v) is 4.51. The van der Waals surface area contributed by atoms with Gasteiger partial charge in [-0.25, -0.2) is 0 Å². The lowest BCUT2D eigenvalue weighted by Crippen LogP contribution is -2.06. The predicted molar refractivity (Wildman–Crippen MR) is 90.5 cm³/mol. The van der Waals surface area contributed by atoms with E-state index in [9.17, 15) is 0 Å². The number of ether oxygens (including phenoxy) is 2. The lowest BCUT2D eigenvalue weighted by atomic mass is 10.1. The molecule has 1 atom stereocenters. The maximum atomic E-state index is 6.18. The fourth-order valence-corrected chi connectivity index (χ4v) is 3.66. The quantitative estimate of drug-likeness (QED) is 0.735. The normalized spacial score (nSPS) is 12.0. The van der Waals surface area contributed by atoms with Gasteiger partial charge in [0.15, 0.2) is 11.5 Å². The fourth-order valence-electron chi connectivity index (χ4n) is 2.01. The van der Waals surface area contributed by atoms with Gasteiger partial charge in [0.2, 0.25) is 0 Å². The number of thiophene rings is 1. The van der Waals surface area contributed by atoms with Gasteiger partial charge in [0.25, 0.3) is 0 Å². The molecule has 0 aliphatic heterocycles. The van der Waals surface area contributed by atoms with E-state index in [4.69, 9.17) is 32.7 Å². The molecule has 114 valence electrons. The molecule has 1 aromatic carbocycles. The van der Waals surface area contributed by atoms with E-state index in [0.717, 1.165) is 11.3 Å². The first kappa shape index (κ1) is 16.3. The van der Waals surface area contributed by atoms with Gasteiger partial charge in [0, 0.05) is 17.3 Å². The molecule has 0 fully saturated rings. The number of anilines is 1. The van der Waals surface area contributed by atoms with Crippen molar-refractivity contribution in [1.82, 2.24) is 0 Å². The Bertz CT molecular complexity index is 616. The second kappa shape index (κ2) is 7.25. The molecular formula is C15H17Cl2NO2S. The average molecular weight is 346 g/mol. The highest BCUT2D eigenvalue weighted by Gasteiger charge is 2.14. The molecule has 1 N–H and O–H groups in total. The second-order valence-corrected chi connectivity index (χ2v) is 6.73. The Kier molecular flexibility index (Phi) is 5.62. The Labute approximate surface area is 138 Å². The fraction of sp³-hybridized carbons (Fsp3) is 0.333. The van der Waals surface area contributed by atoms with Gasteiger partial charge in [-0.3, -0.25) is 0 Å². The highest BCUT2D eigenvalue weighted by molar-refractivity contribution is 7.20. The van der Waals surface area contributed by atoms with Gasteiger partial charge < -0.3 is 14.8 Å². The minimum atomic E-state index is 0.0455. The van der Waals surface area contributed by atoms with Crippen LogP contribution in [-0.2, 0) is 0 Å². The van der Waals surface area contributed by atoms with Crippen LogP contribution in [0.2, 0.25) is 8.67 Å². The third-order valence-electron chi connectivity index (χ3n) is 3.00. The lowest BCUT2D eigenvalue weighted by molar-refractivity contribution is 0.311. The Balaban J connectivity index is 2.19. The molecular weight excluding hydrogens is 329 g/mol. The van der Waals surface area contributed by atoms with Crippen molar-refractivity contribution in [2.75, 3.05) is 19.0 Å². The zero-order valence-electron chi connectivity index (χ0n) is 12.1. The van der Waals surface area contributed by atoms with E-state index < -0.39 is 0 Å². The van der Waals surface area contributed by atoms with Crippen molar-refractivity contribution in [3.8, 4) is 11.5 Å². The first-order valence-electron chi connectivity index (χ1n) is 6.57. The smallest absolute Gasteiger partial charge is 0.163 e. The first-order chi connectivity index (χ1) is 10.0. The SMILES string of the molecule is CCOc1cc(NC(C)c2cc(Cl)sc2Cl)ccc1OC. The van der Waals surface area contributed by atoms with Crippen molar-refractivity contribution in [2.24, 2.45) is 0 Å². The summed E-state index contributed by atoms with van der Waals surface area (Å²) in [5.41, 5.74) is 1.92. The van der Waals surface area contributed by atoms with Gasteiger partial charge in [-0.1, -0.05) is 23.2 Å². The Morgan fingerprint density at radius 2 is 2.00 bits per heavy atom. The van der Waals surface area contributed by atoms with Gasteiger partial charge in [-0.2, -0.15) is 0 Å². The van der Waals surface area contributed by atoms with Crippen molar-refractivity contribution in [2.45, 2.75) is 19.9 Å². The molecule has 0 amide bonds. The molecule has 1 aromatic heterocycles. The average Bonchev–Trinajstić information content (AvgIpc) is 2.78. The molecule has 2 aromatic rings. The van der Waals surface area contributed by atoms with E-state index in [1.54, 1.807) is 7.11 Å². The first-order valence-corrected chi connectivity index (χ1v) is 8.14. The van der Waals surface area contributed by atoms with E-state index >= 15 is 0 Å². The topological polar surface area (TPSA) is 30.5 Å². The summed E-state index contributed by atoms with van der Waals surface area (Å²) >= 11 is 13.5. The van der Waals surface area contributed by atoms with Crippen LogP contribution >= 0.6 is 34.5 Å². The minimum absolute atomic E-state index is 0.0455. The largest absolute Gasteiger partial charge is 0.493 e. The van der Waals surface area contributed by atoms with E-state index in [2.05, 4.69) is 5.32 Å². The molecule has 2 rings (SSSR count). The maximum absolute atomic E-state index is 6.18. The van der Waals surface area contributed by atoms with Crippen molar-refractivity contribution < 1.29 is 9.47 Å². The summed E-state index contributed by atoms with van der Waals surface area (Å²) in [5.74, 6) is 1.43. The van der Waals surface area contributed by atoms with Gasteiger partial charge in [0.05, 0.1) is 28.4 Å². The molecule has 0 saturated carbocycles. The van der Waals surface area contributed by atoms with E-state index in [1.807, 2.05) is 38.1 Å². The van der Waals surface area contributed by atoms with Crippen molar-refractivity contribution in [1.29, 1.82) is 0 Å². The molecule has 0 spiro atoms. The van der Waals surface area contributed by atoms with Gasteiger partial charge in [-0.15, -0.1) is 11.3 Å². The van der Waals surface area contributed by atoms with Crippen LogP contribution in [0.3, 0.4) is 0 Å². The molecule has 21 heavy (non-hydrogen) atoms. The highest BCUT2D eigenvalue weighted by Crippen LogP contribution is 2.37. The summed E-state index contributed by atoms with van der Waals surface area (Å²) in [4.78, 5) is 0. The molecule has 0 aliphatic carbocycles. The van der Waals surface area contributed by atoms with Gasteiger partial charge in [-0.05, 0) is 32.0 Å². The molecule has 1 heterocycles. The highest BCUT2D eigenvalue weighted by atomic mass is 35.5. The molecule has 1 unspecified atom stereocenters.